The topological polar surface area (TPSA) is 34.1 Å². The summed E-state index contributed by atoms with van der Waals surface area (Å²) in [4.78, 5) is 4.41. The average Bonchev–Trinajstić information content (AvgIpc) is 2.63. The van der Waals surface area contributed by atoms with Crippen LogP contribution in [0.3, 0.4) is 0 Å². The van der Waals surface area contributed by atoms with Crippen LogP contribution in [0.1, 0.15) is 25.0 Å². The van der Waals surface area contributed by atoms with Crippen molar-refractivity contribution in [1.82, 2.24) is 10.3 Å². The molecular weight excluding hydrogens is 188 g/mol. The Morgan fingerprint density at radius 1 is 1.60 bits per heavy atom. The van der Waals surface area contributed by atoms with E-state index in [1.807, 2.05) is 18.3 Å². The fourth-order valence-corrected chi connectivity index (χ4v) is 2.31. The number of methoxy groups -OCH3 is 1. The van der Waals surface area contributed by atoms with Crippen molar-refractivity contribution in [3.8, 4) is 0 Å². The van der Waals surface area contributed by atoms with Crippen molar-refractivity contribution >= 4 is 0 Å². The molecule has 82 valence electrons. The molecule has 0 aromatic carbocycles. The smallest absolute Gasteiger partial charge is 0.0642 e. The van der Waals surface area contributed by atoms with Gasteiger partial charge < -0.3 is 10.1 Å². The zero-order valence-corrected chi connectivity index (χ0v) is 9.36. The number of aromatic nitrogens is 1. The molecule has 1 saturated heterocycles. The van der Waals surface area contributed by atoms with Crippen LogP contribution in [-0.4, -0.2) is 30.8 Å². The molecule has 0 aliphatic carbocycles. The largest absolute Gasteiger partial charge is 0.383 e. The Labute approximate surface area is 90.9 Å². The van der Waals surface area contributed by atoms with Gasteiger partial charge in [0.25, 0.3) is 0 Å². The van der Waals surface area contributed by atoms with Crippen molar-refractivity contribution in [3.05, 3.63) is 30.1 Å². The van der Waals surface area contributed by atoms with E-state index in [2.05, 4.69) is 23.3 Å². The van der Waals surface area contributed by atoms with Gasteiger partial charge in [-0.3, -0.25) is 4.98 Å². The van der Waals surface area contributed by atoms with Gasteiger partial charge in [0.15, 0.2) is 0 Å². The third kappa shape index (κ3) is 2.36. The molecule has 2 rings (SSSR count). The lowest BCUT2D eigenvalue weighted by Crippen LogP contribution is -2.40. The Balaban J connectivity index is 2.04. The van der Waals surface area contributed by atoms with Crippen LogP contribution in [0.25, 0.3) is 0 Å². The number of ether oxygens (including phenoxy) is 1. The highest BCUT2D eigenvalue weighted by Gasteiger charge is 2.35. The first-order valence-electron chi connectivity index (χ1n) is 5.38. The number of hydrogen-bond acceptors (Lipinski definition) is 3. The summed E-state index contributed by atoms with van der Waals surface area (Å²) in [7, 11) is 1.75. The number of nitrogens with one attached hydrogen (secondary N) is 1. The van der Waals surface area contributed by atoms with Crippen LogP contribution in [-0.2, 0) is 4.74 Å². The van der Waals surface area contributed by atoms with E-state index in [1.165, 1.54) is 5.69 Å². The molecule has 0 saturated carbocycles. The quantitative estimate of drug-likeness (QED) is 0.815. The summed E-state index contributed by atoms with van der Waals surface area (Å²) in [5.41, 5.74) is 1.29. The van der Waals surface area contributed by atoms with Crippen LogP contribution < -0.4 is 5.32 Å². The minimum atomic E-state index is 0.108. The van der Waals surface area contributed by atoms with Crippen molar-refractivity contribution in [2.45, 2.75) is 24.8 Å². The predicted molar refractivity (Wildman–Crippen MR) is 59.9 cm³/mol. The molecular formula is C12H18N2O. The van der Waals surface area contributed by atoms with Crippen molar-refractivity contribution in [2.75, 3.05) is 20.3 Å². The first-order valence-corrected chi connectivity index (χ1v) is 5.38. The van der Waals surface area contributed by atoms with E-state index < -0.39 is 0 Å². The maximum Gasteiger partial charge on any atom is 0.0642 e. The first-order chi connectivity index (χ1) is 7.23. The molecule has 0 amide bonds. The summed E-state index contributed by atoms with van der Waals surface area (Å²) >= 11 is 0. The van der Waals surface area contributed by atoms with Gasteiger partial charge >= 0.3 is 0 Å². The third-order valence-corrected chi connectivity index (χ3v) is 3.04. The number of pyridine rings is 1. The highest BCUT2D eigenvalue weighted by atomic mass is 16.5. The van der Waals surface area contributed by atoms with Crippen LogP contribution in [0.2, 0.25) is 0 Å². The van der Waals surface area contributed by atoms with Gasteiger partial charge in [-0.2, -0.15) is 0 Å². The minimum absolute atomic E-state index is 0.108. The molecule has 1 fully saturated rings. The SMILES string of the molecule is COCC1(C)CC(c2ccccn2)CN1. The van der Waals surface area contributed by atoms with Crippen LogP contribution in [0.15, 0.2) is 24.4 Å². The van der Waals surface area contributed by atoms with Gasteiger partial charge in [0.05, 0.1) is 6.61 Å². The molecule has 3 nitrogen and oxygen atoms in total. The van der Waals surface area contributed by atoms with Crippen molar-refractivity contribution in [1.29, 1.82) is 0 Å². The lowest BCUT2D eigenvalue weighted by Gasteiger charge is -2.23. The highest BCUT2D eigenvalue weighted by molar-refractivity contribution is 5.14. The van der Waals surface area contributed by atoms with Gasteiger partial charge in [0.1, 0.15) is 0 Å². The summed E-state index contributed by atoms with van der Waals surface area (Å²) < 4.78 is 5.23. The second-order valence-electron chi connectivity index (χ2n) is 4.53. The third-order valence-electron chi connectivity index (χ3n) is 3.04. The lowest BCUT2D eigenvalue weighted by atomic mass is 9.93. The molecule has 1 aromatic rings. The normalized spacial score (nSPS) is 30.7. The Morgan fingerprint density at radius 3 is 3.13 bits per heavy atom. The van der Waals surface area contributed by atoms with Gasteiger partial charge in [-0.1, -0.05) is 6.07 Å². The van der Waals surface area contributed by atoms with E-state index in [0.29, 0.717) is 5.92 Å². The molecule has 2 unspecified atom stereocenters. The van der Waals surface area contributed by atoms with Gasteiger partial charge in [-0.15, -0.1) is 0 Å². The molecule has 1 aromatic heterocycles. The second kappa shape index (κ2) is 4.29. The molecule has 0 spiro atoms. The average molecular weight is 206 g/mol. The van der Waals surface area contributed by atoms with Crippen LogP contribution in [0.5, 0.6) is 0 Å². The predicted octanol–water partition coefficient (Wildman–Crippen LogP) is 1.56. The molecule has 15 heavy (non-hydrogen) atoms. The van der Waals surface area contributed by atoms with Gasteiger partial charge in [0.2, 0.25) is 0 Å². The Hall–Kier alpha value is -0.930. The first kappa shape index (κ1) is 10.6. The lowest BCUT2D eigenvalue weighted by molar-refractivity contribution is 0.129. The van der Waals surface area contributed by atoms with E-state index in [9.17, 15) is 0 Å². The van der Waals surface area contributed by atoms with Crippen LogP contribution in [0.4, 0.5) is 0 Å². The van der Waals surface area contributed by atoms with Gasteiger partial charge in [0, 0.05) is 37.0 Å². The minimum Gasteiger partial charge on any atom is -0.383 e. The monoisotopic (exact) mass is 206 g/mol. The maximum absolute atomic E-state index is 5.23. The summed E-state index contributed by atoms with van der Waals surface area (Å²) in [6.45, 7) is 3.96. The Bertz CT molecular complexity index is 315. The number of hydrogen-bond donors (Lipinski definition) is 1. The summed E-state index contributed by atoms with van der Waals surface area (Å²) in [5, 5.41) is 3.52. The molecule has 0 radical (unpaired) electrons. The molecule has 2 heterocycles. The fraction of sp³-hybridized carbons (Fsp3) is 0.583. The summed E-state index contributed by atoms with van der Waals surface area (Å²) in [6, 6.07) is 6.11. The molecule has 2 atom stereocenters. The van der Waals surface area contributed by atoms with E-state index in [1.54, 1.807) is 7.11 Å². The van der Waals surface area contributed by atoms with Gasteiger partial charge in [-0.25, -0.2) is 0 Å². The van der Waals surface area contributed by atoms with Crippen LogP contribution >= 0.6 is 0 Å². The summed E-state index contributed by atoms with van der Waals surface area (Å²) in [6.07, 6.45) is 2.96. The standard InChI is InChI=1S/C12H18N2O/c1-12(9-15-2)7-10(8-14-12)11-5-3-4-6-13-11/h3-6,10,14H,7-9H2,1-2H3. The zero-order valence-electron chi connectivity index (χ0n) is 9.36. The van der Waals surface area contributed by atoms with Crippen molar-refractivity contribution in [2.24, 2.45) is 0 Å². The maximum atomic E-state index is 5.23. The molecule has 1 N–H and O–H groups in total. The molecule has 1 aliphatic heterocycles. The van der Waals surface area contributed by atoms with Gasteiger partial charge in [-0.05, 0) is 25.5 Å². The molecule has 1 aliphatic rings. The number of rotatable bonds is 3. The van der Waals surface area contributed by atoms with E-state index in [4.69, 9.17) is 4.74 Å². The summed E-state index contributed by atoms with van der Waals surface area (Å²) in [5.74, 6) is 0.520. The van der Waals surface area contributed by atoms with Crippen LogP contribution in [0, 0.1) is 0 Å². The highest BCUT2D eigenvalue weighted by Crippen LogP contribution is 2.30. The second-order valence-corrected chi connectivity index (χ2v) is 4.53. The van der Waals surface area contributed by atoms with E-state index >= 15 is 0 Å². The van der Waals surface area contributed by atoms with Crippen molar-refractivity contribution in [3.63, 3.8) is 0 Å². The van der Waals surface area contributed by atoms with E-state index in [-0.39, 0.29) is 5.54 Å². The fourth-order valence-electron chi connectivity index (χ4n) is 2.31. The van der Waals surface area contributed by atoms with E-state index in [0.717, 1.165) is 19.6 Å². The Morgan fingerprint density at radius 2 is 2.47 bits per heavy atom. The Kier molecular flexibility index (Phi) is 3.03. The molecule has 3 heteroatoms. The van der Waals surface area contributed by atoms with Crippen molar-refractivity contribution < 1.29 is 4.74 Å². The number of nitrogens with zero attached hydrogens (tertiary/aromatic N) is 1. The molecule has 0 bridgehead atoms. The zero-order chi connectivity index (χ0) is 10.7.